The lowest BCUT2D eigenvalue weighted by molar-refractivity contribution is -0.156. The Morgan fingerprint density at radius 1 is 1.36 bits per heavy atom. The van der Waals surface area contributed by atoms with Crippen molar-refractivity contribution in [3.63, 3.8) is 0 Å². The van der Waals surface area contributed by atoms with Gasteiger partial charge in [0.05, 0.1) is 6.54 Å². The minimum absolute atomic E-state index is 0.0812. The number of carbonyl (C=O) groups is 3. The number of carboxylic acids is 1. The number of primary amides is 1. The van der Waals surface area contributed by atoms with E-state index in [1.54, 1.807) is 0 Å². The predicted molar refractivity (Wildman–Crippen MR) is 48.2 cm³/mol. The Morgan fingerprint density at radius 3 is 2.14 bits per heavy atom. The van der Waals surface area contributed by atoms with Gasteiger partial charge in [-0.3, -0.25) is 9.59 Å². The highest BCUT2D eigenvalue weighted by Crippen LogP contribution is 1.99. The van der Waals surface area contributed by atoms with Crippen LogP contribution >= 0.6 is 0 Å². The molecule has 14 heavy (non-hydrogen) atoms. The zero-order chi connectivity index (χ0) is 11.3. The van der Waals surface area contributed by atoms with E-state index < -0.39 is 17.8 Å². The summed E-state index contributed by atoms with van der Waals surface area (Å²) in [6, 6.07) is 0. The Hall–Kier alpha value is -1.59. The number of nitrogens with two attached hydrogens (primary N) is 1. The van der Waals surface area contributed by atoms with E-state index in [0.717, 1.165) is 4.90 Å². The Kier molecular flexibility index (Phi) is 4.62. The summed E-state index contributed by atoms with van der Waals surface area (Å²) in [6.45, 7) is 3.46. The first-order valence-electron chi connectivity index (χ1n) is 4.15. The van der Waals surface area contributed by atoms with Gasteiger partial charge in [0.2, 0.25) is 5.91 Å². The zero-order valence-electron chi connectivity index (χ0n) is 8.19. The van der Waals surface area contributed by atoms with Crippen molar-refractivity contribution in [3.8, 4) is 0 Å². The van der Waals surface area contributed by atoms with E-state index in [1.165, 1.54) is 0 Å². The first-order chi connectivity index (χ1) is 6.34. The third-order valence-electron chi connectivity index (χ3n) is 1.40. The van der Waals surface area contributed by atoms with Crippen LogP contribution in [-0.2, 0) is 14.4 Å². The molecule has 3 N–H and O–H groups in total. The van der Waals surface area contributed by atoms with E-state index in [0.29, 0.717) is 0 Å². The van der Waals surface area contributed by atoms with Gasteiger partial charge >= 0.3 is 11.9 Å². The highest BCUT2D eigenvalue weighted by atomic mass is 16.4. The van der Waals surface area contributed by atoms with Crippen molar-refractivity contribution in [2.45, 2.75) is 13.8 Å². The van der Waals surface area contributed by atoms with Crippen LogP contribution < -0.4 is 5.73 Å². The first kappa shape index (κ1) is 12.4. The molecule has 0 heterocycles. The van der Waals surface area contributed by atoms with Crippen molar-refractivity contribution in [2.24, 2.45) is 11.7 Å². The number of amides is 2. The van der Waals surface area contributed by atoms with Crippen molar-refractivity contribution < 1.29 is 19.5 Å². The molecule has 0 rings (SSSR count). The van der Waals surface area contributed by atoms with Gasteiger partial charge in [0.25, 0.3) is 0 Å². The number of hydrogen-bond acceptors (Lipinski definition) is 3. The number of nitrogens with zero attached hydrogens (tertiary/aromatic N) is 1. The summed E-state index contributed by atoms with van der Waals surface area (Å²) in [4.78, 5) is 32.9. The molecule has 0 bridgehead atoms. The number of rotatable bonds is 4. The first-order valence-corrected chi connectivity index (χ1v) is 4.15. The van der Waals surface area contributed by atoms with Crippen LogP contribution in [-0.4, -0.2) is 40.9 Å². The van der Waals surface area contributed by atoms with Crippen LogP contribution in [0.15, 0.2) is 0 Å². The van der Waals surface area contributed by atoms with Crippen LogP contribution in [0.2, 0.25) is 0 Å². The van der Waals surface area contributed by atoms with Gasteiger partial charge in [-0.1, -0.05) is 13.8 Å². The molecule has 6 heteroatoms. The molecule has 0 fully saturated rings. The zero-order valence-corrected chi connectivity index (χ0v) is 8.19. The van der Waals surface area contributed by atoms with Crippen LogP contribution in [0.25, 0.3) is 0 Å². The largest absolute Gasteiger partial charge is 0.474 e. The van der Waals surface area contributed by atoms with Gasteiger partial charge in [0.1, 0.15) is 0 Å². The summed E-state index contributed by atoms with van der Waals surface area (Å²) < 4.78 is 0. The molecule has 80 valence electrons. The second kappa shape index (κ2) is 5.21. The van der Waals surface area contributed by atoms with Gasteiger partial charge in [-0.25, -0.2) is 4.79 Å². The summed E-state index contributed by atoms with van der Waals surface area (Å²) in [6.07, 6.45) is 0. The van der Waals surface area contributed by atoms with Crippen LogP contribution in [0.5, 0.6) is 0 Å². The Labute approximate surface area is 81.7 Å². The smallest absolute Gasteiger partial charge is 0.394 e. The average Bonchev–Trinajstić information content (AvgIpc) is 1.99. The van der Waals surface area contributed by atoms with E-state index in [9.17, 15) is 14.4 Å². The highest BCUT2D eigenvalue weighted by molar-refractivity contribution is 6.31. The fraction of sp³-hybridized carbons (Fsp3) is 0.625. The minimum Gasteiger partial charge on any atom is -0.474 e. The molecule has 0 aliphatic carbocycles. The predicted octanol–water partition coefficient (Wildman–Crippen LogP) is -0.959. The van der Waals surface area contributed by atoms with Crippen molar-refractivity contribution in [1.82, 2.24) is 4.90 Å². The van der Waals surface area contributed by atoms with E-state index in [4.69, 9.17) is 10.8 Å². The summed E-state index contributed by atoms with van der Waals surface area (Å²) in [5, 5.41) is 8.43. The third kappa shape index (κ3) is 4.44. The summed E-state index contributed by atoms with van der Waals surface area (Å²) in [5.74, 6) is -3.32. The van der Waals surface area contributed by atoms with Crippen molar-refractivity contribution in [2.75, 3.05) is 13.1 Å². The molecule has 0 saturated heterocycles. The van der Waals surface area contributed by atoms with Gasteiger partial charge < -0.3 is 15.7 Å². The van der Waals surface area contributed by atoms with Crippen LogP contribution in [0.4, 0.5) is 0 Å². The standard InChI is InChI=1S/C8H14N2O4/c1-5(2)3-10(4-6(9)11)7(12)8(13)14/h5H,3-4H2,1-2H3,(H2,9,11)(H,13,14). The van der Waals surface area contributed by atoms with Crippen molar-refractivity contribution >= 4 is 17.8 Å². The molecular formula is C8H14N2O4. The third-order valence-corrected chi connectivity index (χ3v) is 1.40. The van der Waals surface area contributed by atoms with Crippen LogP contribution in [0.1, 0.15) is 13.8 Å². The molecule has 0 saturated carbocycles. The molecule has 2 amide bonds. The van der Waals surface area contributed by atoms with Crippen LogP contribution in [0.3, 0.4) is 0 Å². The molecule has 0 unspecified atom stereocenters. The lowest BCUT2D eigenvalue weighted by Crippen LogP contribution is -2.43. The lowest BCUT2D eigenvalue weighted by atomic mass is 10.2. The fourth-order valence-corrected chi connectivity index (χ4v) is 0.983. The molecule has 6 nitrogen and oxygen atoms in total. The molecule has 0 aromatic rings. The van der Waals surface area contributed by atoms with Crippen LogP contribution in [0, 0.1) is 5.92 Å². The van der Waals surface area contributed by atoms with Crippen molar-refractivity contribution in [3.05, 3.63) is 0 Å². The highest BCUT2D eigenvalue weighted by Gasteiger charge is 2.22. The second-order valence-corrected chi connectivity index (χ2v) is 3.35. The number of aliphatic carboxylic acids is 1. The number of hydrogen-bond donors (Lipinski definition) is 2. The maximum atomic E-state index is 11.0. The topological polar surface area (TPSA) is 101 Å². The Bertz CT molecular complexity index is 250. The fourth-order valence-electron chi connectivity index (χ4n) is 0.983. The van der Waals surface area contributed by atoms with Gasteiger partial charge in [-0.05, 0) is 5.92 Å². The maximum Gasteiger partial charge on any atom is 0.394 e. The van der Waals surface area contributed by atoms with E-state index in [1.807, 2.05) is 13.8 Å². The summed E-state index contributed by atoms with van der Waals surface area (Å²) in [7, 11) is 0. The minimum atomic E-state index is -1.58. The van der Waals surface area contributed by atoms with Crippen molar-refractivity contribution in [1.29, 1.82) is 0 Å². The van der Waals surface area contributed by atoms with Gasteiger partial charge in [-0.15, -0.1) is 0 Å². The molecule has 0 aromatic carbocycles. The molecule has 0 radical (unpaired) electrons. The average molecular weight is 202 g/mol. The Morgan fingerprint density at radius 2 is 1.86 bits per heavy atom. The molecule has 0 spiro atoms. The summed E-state index contributed by atoms with van der Waals surface area (Å²) >= 11 is 0. The van der Waals surface area contributed by atoms with Gasteiger partial charge in [-0.2, -0.15) is 0 Å². The monoisotopic (exact) mass is 202 g/mol. The van der Waals surface area contributed by atoms with E-state index >= 15 is 0 Å². The maximum absolute atomic E-state index is 11.0. The molecular weight excluding hydrogens is 188 g/mol. The van der Waals surface area contributed by atoms with E-state index in [2.05, 4.69) is 0 Å². The lowest BCUT2D eigenvalue weighted by Gasteiger charge is -2.20. The number of carbonyl (C=O) groups excluding carboxylic acids is 2. The summed E-state index contributed by atoms with van der Waals surface area (Å²) in [5.41, 5.74) is 4.88. The SMILES string of the molecule is CC(C)CN(CC(N)=O)C(=O)C(=O)O. The second-order valence-electron chi connectivity index (χ2n) is 3.35. The van der Waals surface area contributed by atoms with E-state index in [-0.39, 0.29) is 19.0 Å². The Balaban J connectivity index is 4.46. The number of carboxylic acid groups (broad SMARTS) is 1. The van der Waals surface area contributed by atoms with Gasteiger partial charge in [0, 0.05) is 6.54 Å². The quantitative estimate of drug-likeness (QED) is 0.573. The molecule has 0 aromatic heterocycles. The van der Waals surface area contributed by atoms with Gasteiger partial charge in [0.15, 0.2) is 0 Å². The molecule has 0 aliphatic heterocycles. The molecule has 0 atom stereocenters. The normalized spacial score (nSPS) is 9.93. The molecule has 0 aliphatic rings.